The van der Waals surface area contributed by atoms with E-state index in [-0.39, 0.29) is 31.2 Å². The minimum absolute atomic E-state index is 0.0534. The summed E-state index contributed by atoms with van der Waals surface area (Å²) in [6.45, 7) is 0.713. The third kappa shape index (κ3) is 5.74. The molecule has 1 heterocycles. The summed E-state index contributed by atoms with van der Waals surface area (Å²) in [6, 6.07) is 4.91. The van der Waals surface area contributed by atoms with Gasteiger partial charge in [-0.2, -0.15) is 13.2 Å². The lowest BCUT2D eigenvalue weighted by Gasteiger charge is -2.25. The van der Waals surface area contributed by atoms with Crippen LogP contribution in [0.2, 0.25) is 0 Å². The van der Waals surface area contributed by atoms with E-state index < -0.39 is 30.0 Å². The predicted octanol–water partition coefficient (Wildman–Crippen LogP) is 2.73. The van der Waals surface area contributed by atoms with E-state index in [0.29, 0.717) is 6.61 Å². The lowest BCUT2D eigenvalue weighted by molar-refractivity contribution is -0.139. The monoisotopic (exact) mass is 359 g/mol. The first-order chi connectivity index (χ1) is 11.8. The van der Waals surface area contributed by atoms with Crippen molar-refractivity contribution in [2.24, 2.45) is 0 Å². The van der Waals surface area contributed by atoms with Gasteiger partial charge >= 0.3 is 12.1 Å². The molecule has 1 aliphatic heterocycles. The average molecular weight is 359 g/mol. The van der Waals surface area contributed by atoms with Crippen molar-refractivity contribution in [3.63, 3.8) is 0 Å². The number of ether oxygens (including phenoxy) is 1. The molecule has 1 aromatic carbocycles. The van der Waals surface area contributed by atoms with Crippen LogP contribution in [-0.2, 0) is 26.9 Å². The second-order valence-corrected chi connectivity index (χ2v) is 5.95. The molecule has 1 amide bonds. The number of aliphatic carboxylic acids is 1. The Morgan fingerprint density at radius 3 is 2.60 bits per heavy atom. The Morgan fingerprint density at radius 1 is 1.28 bits per heavy atom. The Labute approximate surface area is 143 Å². The highest BCUT2D eigenvalue weighted by atomic mass is 19.4. The van der Waals surface area contributed by atoms with Gasteiger partial charge in [-0.25, -0.2) is 0 Å². The number of benzene rings is 1. The average Bonchev–Trinajstić information content (AvgIpc) is 3.03. The molecule has 1 N–H and O–H groups in total. The Kier molecular flexibility index (Phi) is 6.41. The van der Waals surface area contributed by atoms with E-state index in [9.17, 15) is 22.8 Å². The molecular formula is C17H20F3NO4. The summed E-state index contributed by atoms with van der Waals surface area (Å²) in [5.74, 6) is -1.60. The van der Waals surface area contributed by atoms with E-state index in [0.717, 1.165) is 18.9 Å². The zero-order valence-corrected chi connectivity index (χ0v) is 13.6. The van der Waals surface area contributed by atoms with E-state index in [1.165, 1.54) is 23.1 Å². The van der Waals surface area contributed by atoms with Crippen LogP contribution in [0.15, 0.2) is 24.3 Å². The predicted molar refractivity (Wildman–Crippen MR) is 83.0 cm³/mol. The maximum absolute atomic E-state index is 13.1. The first-order valence-corrected chi connectivity index (χ1v) is 8.03. The lowest BCUT2D eigenvalue weighted by Crippen LogP contribution is -2.39. The number of carbonyl (C=O) groups excluding carboxylic acids is 1. The first-order valence-electron chi connectivity index (χ1n) is 8.03. The van der Waals surface area contributed by atoms with Gasteiger partial charge in [0.1, 0.15) is 0 Å². The number of rotatable bonds is 7. The van der Waals surface area contributed by atoms with Crippen LogP contribution in [0.4, 0.5) is 13.2 Å². The van der Waals surface area contributed by atoms with E-state index in [4.69, 9.17) is 9.84 Å². The van der Waals surface area contributed by atoms with E-state index >= 15 is 0 Å². The summed E-state index contributed by atoms with van der Waals surface area (Å²) in [7, 11) is 0. The number of hydrogen-bond acceptors (Lipinski definition) is 3. The van der Waals surface area contributed by atoms with E-state index in [1.54, 1.807) is 0 Å². The van der Waals surface area contributed by atoms with Crippen LogP contribution in [0.3, 0.4) is 0 Å². The number of amides is 1. The quantitative estimate of drug-likeness (QED) is 0.813. The van der Waals surface area contributed by atoms with Crippen molar-refractivity contribution >= 4 is 11.9 Å². The van der Waals surface area contributed by atoms with Gasteiger partial charge in [-0.05, 0) is 24.5 Å². The molecular weight excluding hydrogens is 339 g/mol. The Bertz CT molecular complexity index is 612. The smallest absolute Gasteiger partial charge is 0.416 e. The molecule has 8 heteroatoms. The van der Waals surface area contributed by atoms with Gasteiger partial charge in [-0.15, -0.1) is 0 Å². The van der Waals surface area contributed by atoms with Gasteiger partial charge in [0.15, 0.2) is 0 Å². The van der Waals surface area contributed by atoms with Gasteiger partial charge in [0, 0.05) is 19.7 Å². The number of carboxylic acid groups (broad SMARTS) is 1. The maximum atomic E-state index is 13.1. The normalized spacial score (nSPS) is 17.5. The molecule has 0 aromatic heterocycles. The summed E-state index contributed by atoms with van der Waals surface area (Å²) in [5.41, 5.74) is -0.966. The standard InChI is InChI=1S/C17H20F3NO4/c18-17(19,20)14-6-2-1-4-12(14)10-15(22)21(8-7-16(23)24)11-13-5-3-9-25-13/h1-2,4,6,13H,3,5,7-11H2,(H,23,24)/t13-/m1/s1. The molecule has 0 radical (unpaired) electrons. The van der Waals surface area contributed by atoms with Crippen LogP contribution < -0.4 is 0 Å². The highest BCUT2D eigenvalue weighted by Gasteiger charge is 2.34. The molecule has 0 aliphatic carbocycles. The summed E-state index contributed by atoms with van der Waals surface area (Å²) in [4.78, 5) is 24.6. The Hall–Kier alpha value is -2.09. The van der Waals surface area contributed by atoms with Crippen molar-refractivity contribution in [3.8, 4) is 0 Å². The summed E-state index contributed by atoms with van der Waals surface area (Å²) in [5, 5.41) is 8.83. The fourth-order valence-electron chi connectivity index (χ4n) is 2.81. The Morgan fingerprint density at radius 2 is 2.00 bits per heavy atom. The van der Waals surface area contributed by atoms with Crippen LogP contribution in [0.5, 0.6) is 0 Å². The number of halogens is 3. The van der Waals surface area contributed by atoms with Crippen molar-refractivity contribution in [2.45, 2.75) is 38.0 Å². The zero-order valence-electron chi connectivity index (χ0n) is 13.6. The van der Waals surface area contributed by atoms with Gasteiger partial charge in [-0.1, -0.05) is 18.2 Å². The zero-order chi connectivity index (χ0) is 18.4. The summed E-state index contributed by atoms with van der Waals surface area (Å²) < 4.78 is 44.6. The molecule has 1 fully saturated rings. The van der Waals surface area contributed by atoms with Crippen LogP contribution >= 0.6 is 0 Å². The van der Waals surface area contributed by atoms with Crippen LogP contribution in [0, 0.1) is 0 Å². The number of carbonyl (C=O) groups is 2. The SMILES string of the molecule is O=C(O)CCN(C[C@H]1CCCO1)C(=O)Cc1ccccc1C(F)(F)F. The van der Waals surface area contributed by atoms with Gasteiger partial charge in [-0.3, -0.25) is 9.59 Å². The fraction of sp³-hybridized carbons (Fsp3) is 0.529. The minimum atomic E-state index is -4.54. The van der Waals surface area contributed by atoms with Crippen LogP contribution in [0.25, 0.3) is 0 Å². The van der Waals surface area contributed by atoms with Crippen molar-refractivity contribution in [1.29, 1.82) is 0 Å². The second kappa shape index (κ2) is 8.33. The lowest BCUT2D eigenvalue weighted by atomic mass is 10.0. The second-order valence-electron chi connectivity index (χ2n) is 5.95. The molecule has 0 spiro atoms. The van der Waals surface area contributed by atoms with Gasteiger partial charge < -0.3 is 14.7 Å². The molecule has 1 aliphatic rings. The molecule has 1 aromatic rings. The number of hydrogen-bond donors (Lipinski definition) is 1. The third-order valence-electron chi connectivity index (χ3n) is 4.06. The highest BCUT2D eigenvalue weighted by Crippen LogP contribution is 2.32. The fourth-order valence-corrected chi connectivity index (χ4v) is 2.81. The van der Waals surface area contributed by atoms with Crippen LogP contribution in [-0.4, -0.2) is 47.7 Å². The van der Waals surface area contributed by atoms with Crippen molar-refractivity contribution in [2.75, 3.05) is 19.7 Å². The molecule has 1 atom stereocenters. The molecule has 0 saturated carbocycles. The Balaban J connectivity index is 2.11. The van der Waals surface area contributed by atoms with Gasteiger partial charge in [0.2, 0.25) is 5.91 Å². The molecule has 138 valence electrons. The van der Waals surface area contributed by atoms with E-state index in [1.807, 2.05) is 0 Å². The van der Waals surface area contributed by atoms with E-state index in [2.05, 4.69) is 0 Å². The van der Waals surface area contributed by atoms with Crippen molar-refractivity contribution in [1.82, 2.24) is 4.90 Å². The molecule has 25 heavy (non-hydrogen) atoms. The minimum Gasteiger partial charge on any atom is -0.481 e. The van der Waals surface area contributed by atoms with Crippen LogP contribution in [0.1, 0.15) is 30.4 Å². The molecule has 2 rings (SSSR count). The number of carboxylic acids is 1. The summed E-state index contributed by atoms with van der Waals surface area (Å²) in [6.07, 6.45) is -3.84. The maximum Gasteiger partial charge on any atom is 0.416 e. The summed E-state index contributed by atoms with van der Waals surface area (Å²) >= 11 is 0. The van der Waals surface area contributed by atoms with Crippen molar-refractivity contribution in [3.05, 3.63) is 35.4 Å². The number of alkyl halides is 3. The molecule has 0 unspecified atom stereocenters. The molecule has 0 bridgehead atoms. The van der Waals surface area contributed by atoms with Gasteiger partial charge in [0.05, 0.1) is 24.5 Å². The largest absolute Gasteiger partial charge is 0.481 e. The topological polar surface area (TPSA) is 66.8 Å². The first kappa shape index (κ1) is 19.2. The third-order valence-corrected chi connectivity index (χ3v) is 4.06. The molecule has 5 nitrogen and oxygen atoms in total. The highest BCUT2D eigenvalue weighted by molar-refractivity contribution is 5.80. The van der Waals surface area contributed by atoms with Gasteiger partial charge in [0.25, 0.3) is 0 Å². The molecule has 1 saturated heterocycles. The van der Waals surface area contributed by atoms with Crippen molar-refractivity contribution < 1.29 is 32.6 Å². The number of nitrogens with zero attached hydrogens (tertiary/aromatic N) is 1.